The Morgan fingerprint density at radius 2 is 1.63 bits per heavy atom. The molecule has 8 nitrogen and oxygen atoms in total. The van der Waals surface area contributed by atoms with Crippen LogP contribution >= 0.6 is 23.2 Å². The molecule has 0 aliphatic heterocycles. The minimum atomic E-state index is -4.20. The molecule has 38 heavy (non-hydrogen) atoms. The predicted octanol–water partition coefficient (Wildman–Crippen LogP) is 4.75. The van der Waals surface area contributed by atoms with Gasteiger partial charge in [0.25, 0.3) is 10.0 Å². The molecule has 0 aliphatic carbocycles. The van der Waals surface area contributed by atoms with E-state index in [1.54, 1.807) is 56.3 Å². The molecular weight excluding hydrogens is 549 g/mol. The number of halogens is 2. The second kappa shape index (κ2) is 13.0. The van der Waals surface area contributed by atoms with E-state index in [1.807, 2.05) is 0 Å². The van der Waals surface area contributed by atoms with Crippen LogP contribution in [0.4, 0.5) is 5.69 Å². The fourth-order valence-corrected chi connectivity index (χ4v) is 5.65. The average Bonchev–Trinajstić information content (AvgIpc) is 2.91. The number of nitrogens with zero attached hydrogens (tertiary/aromatic N) is 2. The molecule has 3 aromatic rings. The van der Waals surface area contributed by atoms with Crippen LogP contribution in [0.1, 0.15) is 19.4 Å². The summed E-state index contributed by atoms with van der Waals surface area (Å²) in [4.78, 5) is 27.9. The molecule has 0 saturated carbocycles. The van der Waals surface area contributed by atoms with Gasteiger partial charge in [-0.3, -0.25) is 13.9 Å². The molecular formula is C27H29Cl2N3O5S. The summed E-state index contributed by atoms with van der Waals surface area (Å²) >= 11 is 12.7. The van der Waals surface area contributed by atoms with Crippen LogP contribution in [-0.2, 0) is 26.2 Å². The van der Waals surface area contributed by atoms with Crippen molar-refractivity contribution in [3.63, 3.8) is 0 Å². The first kappa shape index (κ1) is 29.3. The smallest absolute Gasteiger partial charge is 0.264 e. The highest BCUT2D eigenvalue weighted by molar-refractivity contribution is 7.92. The lowest BCUT2D eigenvalue weighted by molar-refractivity contribution is -0.139. The summed E-state index contributed by atoms with van der Waals surface area (Å²) in [6, 6.07) is 18.3. The second-order valence-corrected chi connectivity index (χ2v) is 11.0. The van der Waals surface area contributed by atoms with Gasteiger partial charge in [-0.15, -0.1) is 0 Å². The maximum absolute atomic E-state index is 13.8. The van der Waals surface area contributed by atoms with Crippen molar-refractivity contribution < 1.29 is 22.7 Å². The van der Waals surface area contributed by atoms with E-state index in [1.165, 1.54) is 42.3 Å². The van der Waals surface area contributed by atoms with Gasteiger partial charge in [0, 0.05) is 18.1 Å². The average molecular weight is 579 g/mol. The normalized spacial score (nSPS) is 11.9. The minimum absolute atomic E-state index is 0.000594. The number of hydrogen-bond acceptors (Lipinski definition) is 5. The van der Waals surface area contributed by atoms with E-state index >= 15 is 0 Å². The number of likely N-dealkylation sites (N-methyl/N-ethyl adjacent to an activating group) is 1. The standard InChI is InChI=1S/C27H29Cl2N3O5S/c1-4-30-27(34)19(2)31(17-20-10-8-9-13-23(20)28)26(33)18-32(21-14-15-25(37-3)24(29)16-21)38(35,36)22-11-6-5-7-12-22/h5-16,19H,4,17-18H2,1-3H3,(H,30,34)/t19-/m1/s1. The van der Waals surface area contributed by atoms with Gasteiger partial charge in [0.2, 0.25) is 11.8 Å². The van der Waals surface area contributed by atoms with Crippen LogP contribution in [0.3, 0.4) is 0 Å². The van der Waals surface area contributed by atoms with E-state index < -0.39 is 28.5 Å². The van der Waals surface area contributed by atoms with Crippen molar-refractivity contribution in [2.75, 3.05) is 24.5 Å². The topological polar surface area (TPSA) is 96.0 Å². The molecule has 0 radical (unpaired) electrons. The maximum atomic E-state index is 13.8. The number of nitrogens with one attached hydrogen (secondary N) is 1. The Labute approximate surface area is 233 Å². The predicted molar refractivity (Wildman–Crippen MR) is 149 cm³/mol. The zero-order valence-corrected chi connectivity index (χ0v) is 23.6. The number of ether oxygens (including phenoxy) is 1. The summed E-state index contributed by atoms with van der Waals surface area (Å²) < 4.78 is 33.7. The highest BCUT2D eigenvalue weighted by Crippen LogP contribution is 2.32. The quantitative estimate of drug-likeness (QED) is 0.354. The first-order chi connectivity index (χ1) is 18.1. The Morgan fingerprint density at radius 1 is 0.974 bits per heavy atom. The number of benzene rings is 3. The van der Waals surface area contributed by atoms with Gasteiger partial charge < -0.3 is 15.0 Å². The van der Waals surface area contributed by atoms with Crippen LogP contribution in [-0.4, -0.2) is 51.4 Å². The summed E-state index contributed by atoms with van der Waals surface area (Å²) in [5.74, 6) is -0.628. The summed E-state index contributed by atoms with van der Waals surface area (Å²) in [5, 5.41) is 3.31. The molecule has 202 valence electrons. The monoisotopic (exact) mass is 577 g/mol. The lowest BCUT2D eigenvalue weighted by Crippen LogP contribution is -2.51. The van der Waals surface area contributed by atoms with Crippen LogP contribution < -0.4 is 14.4 Å². The zero-order chi connectivity index (χ0) is 27.9. The van der Waals surface area contributed by atoms with Crippen molar-refractivity contribution in [3.8, 4) is 5.75 Å². The highest BCUT2D eigenvalue weighted by Gasteiger charge is 2.33. The number of hydrogen-bond donors (Lipinski definition) is 1. The zero-order valence-electron chi connectivity index (χ0n) is 21.2. The molecule has 0 fully saturated rings. The van der Waals surface area contributed by atoms with Gasteiger partial charge in [-0.25, -0.2) is 8.42 Å². The third kappa shape index (κ3) is 6.78. The van der Waals surface area contributed by atoms with E-state index in [4.69, 9.17) is 27.9 Å². The number of methoxy groups -OCH3 is 1. The number of sulfonamides is 1. The van der Waals surface area contributed by atoms with Gasteiger partial charge in [0.15, 0.2) is 0 Å². The van der Waals surface area contributed by atoms with Crippen molar-refractivity contribution in [2.24, 2.45) is 0 Å². The molecule has 11 heteroatoms. The Morgan fingerprint density at radius 3 is 2.24 bits per heavy atom. The molecule has 1 atom stereocenters. The maximum Gasteiger partial charge on any atom is 0.264 e. The van der Waals surface area contributed by atoms with Crippen LogP contribution in [0.25, 0.3) is 0 Å². The molecule has 2 amide bonds. The van der Waals surface area contributed by atoms with E-state index in [0.717, 1.165) is 4.31 Å². The van der Waals surface area contributed by atoms with Gasteiger partial charge in [0.05, 0.1) is 22.7 Å². The molecule has 3 rings (SSSR count). The first-order valence-electron chi connectivity index (χ1n) is 11.8. The number of rotatable bonds is 11. The third-order valence-electron chi connectivity index (χ3n) is 5.85. The number of amides is 2. The molecule has 0 unspecified atom stereocenters. The Bertz CT molecular complexity index is 1390. The van der Waals surface area contributed by atoms with Gasteiger partial charge in [0.1, 0.15) is 18.3 Å². The molecule has 0 spiro atoms. The fourth-order valence-electron chi connectivity index (χ4n) is 3.77. The minimum Gasteiger partial charge on any atom is -0.495 e. The van der Waals surface area contributed by atoms with Gasteiger partial charge >= 0.3 is 0 Å². The van der Waals surface area contributed by atoms with E-state index in [0.29, 0.717) is 22.9 Å². The van der Waals surface area contributed by atoms with Crippen LogP contribution in [0, 0.1) is 0 Å². The van der Waals surface area contributed by atoms with Gasteiger partial charge in [-0.05, 0) is 55.8 Å². The van der Waals surface area contributed by atoms with Crippen LogP contribution in [0.15, 0.2) is 77.7 Å². The lowest BCUT2D eigenvalue weighted by Gasteiger charge is -2.32. The molecule has 3 aromatic carbocycles. The van der Waals surface area contributed by atoms with E-state index in [-0.39, 0.29) is 28.1 Å². The van der Waals surface area contributed by atoms with E-state index in [9.17, 15) is 18.0 Å². The molecule has 0 aliphatic rings. The number of carbonyl (C=O) groups is 2. The lowest BCUT2D eigenvalue weighted by atomic mass is 10.1. The summed E-state index contributed by atoms with van der Waals surface area (Å²) in [6.45, 7) is 3.14. The van der Waals surface area contributed by atoms with Crippen molar-refractivity contribution in [2.45, 2.75) is 31.3 Å². The Balaban J connectivity index is 2.06. The molecule has 0 aromatic heterocycles. The summed E-state index contributed by atoms with van der Waals surface area (Å²) in [6.07, 6.45) is 0. The summed E-state index contributed by atoms with van der Waals surface area (Å²) in [7, 11) is -2.75. The van der Waals surface area contributed by atoms with E-state index in [2.05, 4.69) is 5.32 Å². The first-order valence-corrected chi connectivity index (χ1v) is 14.0. The largest absolute Gasteiger partial charge is 0.495 e. The van der Waals surface area contributed by atoms with Gasteiger partial charge in [-0.2, -0.15) is 0 Å². The third-order valence-corrected chi connectivity index (χ3v) is 8.30. The highest BCUT2D eigenvalue weighted by atomic mass is 35.5. The molecule has 0 bridgehead atoms. The van der Waals surface area contributed by atoms with Crippen molar-refractivity contribution in [3.05, 3.63) is 88.4 Å². The summed E-state index contributed by atoms with van der Waals surface area (Å²) in [5.41, 5.74) is 0.778. The molecule has 1 N–H and O–H groups in total. The SMILES string of the molecule is CCNC(=O)[C@@H](C)N(Cc1ccccc1Cl)C(=O)CN(c1ccc(OC)c(Cl)c1)S(=O)(=O)c1ccccc1. The molecule has 0 heterocycles. The number of anilines is 1. The molecule has 0 saturated heterocycles. The van der Waals surface area contributed by atoms with Crippen LogP contribution in [0.5, 0.6) is 5.75 Å². The van der Waals surface area contributed by atoms with Crippen molar-refractivity contribution in [1.82, 2.24) is 10.2 Å². The Hall–Kier alpha value is -3.27. The number of carbonyl (C=O) groups excluding carboxylic acids is 2. The fraction of sp³-hybridized carbons (Fsp3) is 0.259. The Kier molecular flexibility index (Phi) is 10.0. The second-order valence-electron chi connectivity index (χ2n) is 8.33. The van der Waals surface area contributed by atoms with Gasteiger partial charge in [-0.1, -0.05) is 59.6 Å². The van der Waals surface area contributed by atoms with Crippen molar-refractivity contribution in [1.29, 1.82) is 0 Å². The van der Waals surface area contributed by atoms with Crippen molar-refractivity contribution >= 4 is 50.7 Å². The van der Waals surface area contributed by atoms with Crippen LogP contribution in [0.2, 0.25) is 10.0 Å².